The molecule has 1 saturated carbocycles. The predicted octanol–water partition coefficient (Wildman–Crippen LogP) is 3.23. The number of amides is 1. The van der Waals surface area contributed by atoms with E-state index in [9.17, 15) is 4.79 Å². The fourth-order valence-corrected chi connectivity index (χ4v) is 4.91. The summed E-state index contributed by atoms with van der Waals surface area (Å²) in [6.07, 6.45) is 11.7. The molecule has 10 heteroatoms. The van der Waals surface area contributed by atoms with E-state index in [0.717, 1.165) is 75.3 Å². The first-order valence-electron chi connectivity index (χ1n) is 11.5. The van der Waals surface area contributed by atoms with Crippen molar-refractivity contribution in [3.05, 3.63) is 5.82 Å². The number of hydrogen-bond acceptors (Lipinski definition) is 5. The summed E-state index contributed by atoms with van der Waals surface area (Å²) < 4.78 is 2.39. The van der Waals surface area contributed by atoms with Crippen molar-refractivity contribution in [2.24, 2.45) is 4.99 Å². The SMILES string of the molecule is CCNC(=NCCCN1CCCC1=O)NCCCc1nnc(SC)n1C1CCCC1.I. The number of halogens is 1. The minimum Gasteiger partial charge on any atom is -0.357 e. The van der Waals surface area contributed by atoms with Crippen molar-refractivity contribution in [3.63, 3.8) is 0 Å². The topological polar surface area (TPSA) is 87.4 Å². The first-order chi connectivity index (χ1) is 14.7. The number of carbonyl (C=O) groups excluding carboxylic acids is 1. The number of rotatable bonds is 11. The summed E-state index contributed by atoms with van der Waals surface area (Å²) in [5, 5.41) is 16.7. The van der Waals surface area contributed by atoms with Crippen LogP contribution in [0.2, 0.25) is 0 Å². The number of aliphatic imine (C=N–C) groups is 1. The van der Waals surface area contributed by atoms with Crippen molar-refractivity contribution in [2.45, 2.75) is 75.9 Å². The Balaban J connectivity index is 0.00000341. The number of likely N-dealkylation sites (tertiary alicyclic amines) is 1. The number of nitrogens with zero attached hydrogens (tertiary/aromatic N) is 5. The highest BCUT2D eigenvalue weighted by molar-refractivity contribution is 14.0. The molecular formula is C21H38IN7OS. The van der Waals surface area contributed by atoms with Gasteiger partial charge in [-0.25, -0.2) is 0 Å². The van der Waals surface area contributed by atoms with Crippen molar-refractivity contribution >= 4 is 47.6 Å². The van der Waals surface area contributed by atoms with Gasteiger partial charge in [0.1, 0.15) is 5.82 Å². The van der Waals surface area contributed by atoms with Crippen molar-refractivity contribution in [1.82, 2.24) is 30.3 Å². The highest BCUT2D eigenvalue weighted by Gasteiger charge is 2.23. The lowest BCUT2D eigenvalue weighted by Crippen LogP contribution is -2.38. The molecule has 1 aromatic heterocycles. The molecule has 0 spiro atoms. The number of hydrogen-bond donors (Lipinski definition) is 2. The monoisotopic (exact) mass is 563 g/mol. The maximum Gasteiger partial charge on any atom is 0.222 e. The molecule has 2 heterocycles. The van der Waals surface area contributed by atoms with E-state index in [0.29, 0.717) is 18.4 Å². The molecule has 8 nitrogen and oxygen atoms in total. The van der Waals surface area contributed by atoms with E-state index in [4.69, 9.17) is 0 Å². The summed E-state index contributed by atoms with van der Waals surface area (Å²) in [5.74, 6) is 2.26. The highest BCUT2D eigenvalue weighted by atomic mass is 127. The van der Waals surface area contributed by atoms with Crippen LogP contribution >= 0.6 is 35.7 Å². The summed E-state index contributed by atoms with van der Waals surface area (Å²) in [5.41, 5.74) is 0. The number of thioether (sulfide) groups is 1. The minimum atomic E-state index is 0. The Hall–Kier alpha value is -1.04. The standard InChI is InChI=1S/C21H37N7OS.HI/c1-3-22-20(24-14-8-16-27-15-7-12-19(27)29)23-13-6-11-18-25-26-21(30-2)28(18)17-9-4-5-10-17;/h17H,3-16H2,1-2H3,(H2,22,23,24);1H. The van der Waals surface area contributed by atoms with Gasteiger partial charge >= 0.3 is 0 Å². The Morgan fingerprint density at radius 3 is 2.68 bits per heavy atom. The smallest absolute Gasteiger partial charge is 0.222 e. The zero-order valence-corrected chi connectivity index (χ0v) is 22.1. The molecule has 0 unspecified atom stereocenters. The first kappa shape index (κ1) is 26.2. The van der Waals surface area contributed by atoms with E-state index in [-0.39, 0.29) is 24.0 Å². The molecule has 31 heavy (non-hydrogen) atoms. The van der Waals surface area contributed by atoms with Gasteiger partial charge in [-0.3, -0.25) is 9.79 Å². The van der Waals surface area contributed by atoms with E-state index < -0.39 is 0 Å². The molecule has 0 atom stereocenters. The van der Waals surface area contributed by atoms with Gasteiger partial charge in [-0.15, -0.1) is 34.2 Å². The third kappa shape index (κ3) is 7.80. The zero-order valence-electron chi connectivity index (χ0n) is 18.9. The molecular weight excluding hydrogens is 525 g/mol. The van der Waals surface area contributed by atoms with Crippen LogP contribution in [0.1, 0.15) is 70.2 Å². The number of aryl methyl sites for hydroxylation is 1. The van der Waals surface area contributed by atoms with Gasteiger partial charge in [0, 0.05) is 51.6 Å². The van der Waals surface area contributed by atoms with Gasteiger partial charge in [-0.05, 0) is 45.3 Å². The van der Waals surface area contributed by atoms with E-state index in [1.165, 1.54) is 25.7 Å². The van der Waals surface area contributed by atoms with Crippen LogP contribution in [0, 0.1) is 0 Å². The molecule has 0 bridgehead atoms. The predicted molar refractivity (Wildman–Crippen MR) is 137 cm³/mol. The molecule has 2 aliphatic rings. The number of aromatic nitrogens is 3. The molecule has 1 saturated heterocycles. The molecule has 176 valence electrons. The second kappa shape index (κ2) is 14.2. The van der Waals surface area contributed by atoms with E-state index in [2.05, 4.69) is 43.6 Å². The van der Waals surface area contributed by atoms with Gasteiger partial charge in [-0.2, -0.15) is 0 Å². The summed E-state index contributed by atoms with van der Waals surface area (Å²) in [6.45, 7) is 6.22. The molecule has 2 N–H and O–H groups in total. The average Bonchev–Trinajstić information content (AvgIpc) is 3.49. The Morgan fingerprint density at radius 1 is 1.19 bits per heavy atom. The second-order valence-corrected chi connectivity index (χ2v) is 8.81. The van der Waals surface area contributed by atoms with E-state index in [1.807, 2.05) is 4.90 Å². The van der Waals surface area contributed by atoms with Crippen molar-refractivity contribution < 1.29 is 4.79 Å². The molecule has 2 fully saturated rings. The third-order valence-corrected chi connectivity index (χ3v) is 6.49. The second-order valence-electron chi connectivity index (χ2n) is 8.04. The molecule has 1 amide bonds. The first-order valence-corrected chi connectivity index (χ1v) is 12.7. The van der Waals surface area contributed by atoms with Crippen LogP contribution in [-0.4, -0.2) is 70.5 Å². The Bertz CT molecular complexity index is 706. The Labute approximate surface area is 207 Å². The highest BCUT2D eigenvalue weighted by Crippen LogP contribution is 2.33. The van der Waals surface area contributed by atoms with Gasteiger partial charge < -0.3 is 20.1 Å². The normalized spacial score (nSPS) is 17.3. The number of carbonyl (C=O) groups is 1. The molecule has 1 aromatic rings. The number of nitrogens with one attached hydrogen (secondary N) is 2. The van der Waals surface area contributed by atoms with Crippen LogP contribution < -0.4 is 10.6 Å². The van der Waals surface area contributed by atoms with Crippen LogP contribution in [0.15, 0.2) is 10.1 Å². The average molecular weight is 564 g/mol. The van der Waals surface area contributed by atoms with Crippen LogP contribution in [0.5, 0.6) is 0 Å². The number of guanidine groups is 1. The lowest BCUT2D eigenvalue weighted by atomic mass is 10.2. The summed E-state index contributed by atoms with van der Waals surface area (Å²) in [7, 11) is 0. The lowest BCUT2D eigenvalue weighted by molar-refractivity contribution is -0.127. The maximum absolute atomic E-state index is 11.7. The molecule has 0 aromatic carbocycles. The molecule has 1 aliphatic heterocycles. The lowest BCUT2D eigenvalue weighted by Gasteiger charge is -2.16. The summed E-state index contributed by atoms with van der Waals surface area (Å²) >= 11 is 1.69. The van der Waals surface area contributed by atoms with Crippen LogP contribution in [-0.2, 0) is 11.2 Å². The van der Waals surface area contributed by atoms with E-state index >= 15 is 0 Å². The largest absolute Gasteiger partial charge is 0.357 e. The van der Waals surface area contributed by atoms with E-state index in [1.54, 1.807) is 11.8 Å². The molecule has 1 aliphatic carbocycles. The van der Waals surface area contributed by atoms with Crippen LogP contribution in [0.4, 0.5) is 0 Å². The van der Waals surface area contributed by atoms with Gasteiger partial charge in [-0.1, -0.05) is 24.6 Å². The van der Waals surface area contributed by atoms with Gasteiger partial charge in [0.05, 0.1) is 0 Å². The molecule has 0 radical (unpaired) electrons. The maximum atomic E-state index is 11.7. The molecule has 3 rings (SSSR count). The third-order valence-electron chi connectivity index (χ3n) is 5.85. The van der Waals surface area contributed by atoms with Crippen molar-refractivity contribution in [1.29, 1.82) is 0 Å². The Morgan fingerprint density at radius 2 is 2.00 bits per heavy atom. The Kier molecular flexibility index (Phi) is 12.0. The summed E-state index contributed by atoms with van der Waals surface area (Å²) in [4.78, 5) is 18.3. The van der Waals surface area contributed by atoms with Crippen molar-refractivity contribution in [2.75, 3.05) is 39.0 Å². The fraction of sp³-hybridized carbons (Fsp3) is 0.810. The fourth-order valence-electron chi connectivity index (χ4n) is 4.33. The van der Waals surface area contributed by atoms with Gasteiger partial charge in [0.25, 0.3) is 0 Å². The quantitative estimate of drug-likeness (QED) is 0.141. The summed E-state index contributed by atoms with van der Waals surface area (Å²) in [6, 6.07) is 0.576. The van der Waals surface area contributed by atoms with Crippen LogP contribution in [0.3, 0.4) is 0 Å². The van der Waals surface area contributed by atoms with Crippen molar-refractivity contribution in [3.8, 4) is 0 Å². The zero-order chi connectivity index (χ0) is 21.2. The van der Waals surface area contributed by atoms with Crippen LogP contribution in [0.25, 0.3) is 0 Å². The minimum absolute atomic E-state index is 0. The van der Waals surface area contributed by atoms with Gasteiger partial charge in [0.15, 0.2) is 11.1 Å². The van der Waals surface area contributed by atoms with Gasteiger partial charge in [0.2, 0.25) is 5.91 Å².